The molecule has 1 rings (SSSR count). The normalized spacial score (nSPS) is 10.8. The molecule has 0 aliphatic rings. The molecule has 3 N–H and O–H groups in total. The fourth-order valence-electron chi connectivity index (χ4n) is 1.65. The molecule has 0 saturated heterocycles. The van der Waals surface area contributed by atoms with Crippen LogP contribution in [0.5, 0.6) is 0 Å². The molecular formula is C13H24N4O. The van der Waals surface area contributed by atoms with Gasteiger partial charge in [0, 0.05) is 37.8 Å². The maximum Gasteiger partial charge on any atom is 0.220 e. The Balaban J connectivity index is 1.93. The van der Waals surface area contributed by atoms with Crippen molar-refractivity contribution in [3.63, 3.8) is 0 Å². The SMILES string of the molecule is CC(C)NCCCC(=O)NCCCc1ncc[nH]1. The molecule has 5 heteroatoms. The van der Waals surface area contributed by atoms with Crippen molar-refractivity contribution in [3.05, 3.63) is 18.2 Å². The number of hydrogen-bond acceptors (Lipinski definition) is 3. The molecule has 0 saturated carbocycles. The van der Waals surface area contributed by atoms with Crippen LogP contribution in [0, 0.1) is 0 Å². The van der Waals surface area contributed by atoms with Gasteiger partial charge in [0.25, 0.3) is 0 Å². The van der Waals surface area contributed by atoms with Crippen molar-refractivity contribution in [2.45, 2.75) is 45.6 Å². The number of nitrogens with one attached hydrogen (secondary N) is 3. The quantitative estimate of drug-likeness (QED) is 0.579. The highest BCUT2D eigenvalue weighted by Crippen LogP contribution is 1.94. The summed E-state index contributed by atoms with van der Waals surface area (Å²) < 4.78 is 0. The fraction of sp³-hybridized carbons (Fsp3) is 0.692. The van der Waals surface area contributed by atoms with Gasteiger partial charge in [-0.05, 0) is 19.4 Å². The fourth-order valence-corrected chi connectivity index (χ4v) is 1.65. The molecule has 1 heterocycles. The number of aromatic nitrogens is 2. The number of carbonyl (C=O) groups is 1. The largest absolute Gasteiger partial charge is 0.356 e. The van der Waals surface area contributed by atoms with Gasteiger partial charge in [-0.1, -0.05) is 13.8 Å². The number of imidazole rings is 1. The Morgan fingerprint density at radius 1 is 1.39 bits per heavy atom. The highest BCUT2D eigenvalue weighted by molar-refractivity contribution is 5.75. The highest BCUT2D eigenvalue weighted by Gasteiger charge is 2.01. The molecule has 102 valence electrons. The molecule has 5 nitrogen and oxygen atoms in total. The lowest BCUT2D eigenvalue weighted by molar-refractivity contribution is -0.121. The van der Waals surface area contributed by atoms with Gasteiger partial charge in [0.05, 0.1) is 0 Å². The Morgan fingerprint density at radius 3 is 2.89 bits per heavy atom. The smallest absolute Gasteiger partial charge is 0.220 e. The average molecular weight is 252 g/mol. The van der Waals surface area contributed by atoms with Crippen molar-refractivity contribution in [2.75, 3.05) is 13.1 Å². The Morgan fingerprint density at radius 2 is 2.22 bits per heavy atom. The highest BCUT2D eigenvalue weighted by atomic mass is 16.1. The van der Waals surface area contributed by atoms with E-state index >= 15 is 0 Å². The van der Waals surface area contributed by atoms with Gasteiger partial charge in [-0.3, -0.25) is 4.79 Å². The third-order valence-electron chi connectivity index (χ3n) is 2.60. The number of aryl methyl sites for hydroxylation is 1. The summed E-state index contributed by atoms with van der Waals surface area (Å²) in [5.74, 6) is 1.12. The summed E-state index contributed by atoms with van der Waals surface area (Å²) >= 11 is 0. The summed E-state index contributed by atoms with van der Waals surface area (Å²) in [4.78, 5) is 18.7. The lowest BCUT2D eigenvalue weighted by Crippen LogP contribution is -2.27. The predicted molar refractivity (Wildman–Crippen MR) is 72.3 cm³/mol. The van der Waals surface area contributed by atoms with E-state index in [1.165, 1.54) is 0 Å². The van der Waals surface area contributed by atoms with Gasteiger partial charge >= 0.3 is 0 Å². The number of aromatic amines is 1. The van der Waals surface area contributed by atoms with Crippen LogP contribution in [0.3, 0.4) is 0 Å². The molecule has 0 aliphatic heterocycles. The van der Waals surface area contributed by atoms with E-state index in [2.05, 4.69) is 34.4 Å². The number of amides is 1. The molecule has 0 bridgehead atoms. The zero-order valence-corrected chi connectivity index (χ0v) is 11.3. The topological polar surface area (TPSA) is 69.8 Å². The van der Waals surface area contributed by atoms with Crippen LogP contribution in [0.4, 0.5) is 0 Å². The summed E-state index contributed by atoms with van der Waals surface area (Å²) in [7, 11) is 0. The third kappa shape index (κ3) is 7.06. The van der Waals surface area contributed by atoms with Gasteiger partial charge in [-0.15, -0.1) is 0 Å². The third-order valence-corrected chi connectivity index (χ3v) is 2.60. The molecule has 0 atom stereocenters. The Hall–Kier alpha value is -1.36. The van der Waals surface area contributed by atoms with Gasteiger partial charge in [-0.25, -0.2) is 4.98 Å². The molecule has 0 fully saturated rings. The van der Waals surface area contributed by atoms with Crippen molar-refractivity contribution >= 4 is 5.91 Å². The Kier molecular flexibility index (Phi) is 7.10. The number of hydrogen-bond donors (Lipinski definition) is 3. The van der Waals surface area contributed by atoms with Crippen LogP contribution in [-0.4, -0.2) is 35.0 Å². The standard InChI is InChI=1S/C13H24N4O/c1-11(2)14-7-4-6-13(18)17-8-3-5-12-15-9-10-16-12/h9-11,14H,3-8H2,1-2H3,(H,15,16)(H,17,18). The van der Waals surface area contributed by atoms with E-state index in [0.717, 1.165) is 38.2 Å². The van der Waals surface area contributed by atoms with E-state index in [1.807, 2.05) is 6.20 Å². The van der Waals surface area contributed by atoms with Crippen molar-refractivity contribution < 1.29 is 4.79 Å². The van der Waals surface area contributed by atoms with Gasteiger partial charge in [-0.2, -0.15) is 0 Å². The van der Waals surface area contributed by atoms with Crippen LogP contribution < -0.4 is 10.6 Å². The first-order chi connectivity index (χ1) is 8.68. The molecule has 0 aliphatic carbocycles. The first-order valence-electron chi connectivity index (χ1n) is 6.67. The van der Waals surface area contributed by atoms with Crippen LogP contribution >= 0.6 is 0 Å². The second kappa shape index (κ2) is 8.69. The number of H-pyrrole nitrogens is 1. The molecule has 0 unspecified atom stereocenters. The van der Waals surface area contributed by atoms with Gasteiger partial charge in [0.1, 0.15) is 5.82 Å². The van der Waals surface area contributed by atoms with E-state index in [9.17, 15) is 4.79 Å². The van der Waals surface area contributed by atoms with Crippen LogP contribution in [-0.2, 0) is 11.2 Å². The average Bonchev–Trinajstić information content (AvgIpc) is 2.83. The minimum Gasteiger partial charge on any atom is -0.356 e. The monoisotopic (exact) mass is 252 g/mol. The minimum atomic E-state index is 0.139. The van der Waals surface area contributed by atoms with E-state index < -0.39 is 0 Å². The van der Waals surface area contributed by atoms with Crippen LogP contribution in [0.2, 0.25) is 0 Å². The van der Waals surface area contributed by atoms with Crippen LogP contribution in [0.1, 0.15) is 38.9 Å². The first-order valence-corrected chi connectivity index (χ1v) is 6.67. The molecular weight excluding hydrogens is 228 g/mol. The summed E-state index contributed by atoms with van der Waals surface area (Å²) in [5.41, 5.74) is 0. The summed E-state index contributed by atoms with van der Waals surface area (Å²) in [6, 6.07) is 0.487. The van der Waals surface area contributed by atoms with Gasteiger partial charge in [0.2, 0.25) is 5.91 Å². The first kappa shape index (κ1) is 14.7. The number of nitrogens with zero attached hydrogens (tertiary/aromatic N) is 1. The van der Waals surface area contributed by atoms with Crippen molar-refractivity contribution in [1.29, 1.82) is 0 Å². The minimum absolute atomic E-state index is 0.139. The maximum absolute atomic E-state index is 11.5. The lowest BCUT2D eigenvalue weighted by Gasteiger charge is -2.08. The molecule has 18 heavy (non-hydrogen) atoms. The van der Waals surface area contributed by atoms with E-state index in [1.54, 1.807) is 6.20 Å². The van der Waals surface area contributed by atoms with Crippen molar-refractivity contribution in [3.8, 4) is 0 Å². The van der Waals surface area contributed by atoms with E-state index in [4.69, 9.17) is 0 Å². The summed E-state index contributed by atoms with van der Waals surface area (Å²) in [5, 5.41) is 6.22. The summed E-state index contributed by atoms with van der Waals surface area (Å²) in [6.07, 6.45) is 6.85. The molecule has 1 aromatic rings. The second-order valence-electron chi connectivity index (χ2n) is 4.70. The molecule has 1 aromatic heterocycles. The Labute approximate surface area is 109 Å². The zero-order chi connectivity index (χ0) is 13.2. The molecule has 1 amide bonds. The zero-order valence-electron chi connectivity index (χ0n) is 11.3. The Bertz CT molecular complexity index is 322. The molecule has 0 aromatic carbocycles. The number of rotatable bonds is 9. The van der Waals surface area contributed by atoms with E-state index in [0.29, 0.717) is 12.5 Å². The van der Waals surface area contributed by atoms with Crippen LogP contribution in [0.15, 0.2) is 12.4 Å². The van der Waals surface area contributed by atoms with Crippen LogP contribution in [0.25, 0.3) is 0 Å². The maximum atomic E-state index is 11.5. The van der Waals surface area contributed by atoms with Gasteiger partial charge < -0.3 is 15.6 Å². The van der Waals surface area contributed by atoms with Gasteiger partial charge in [0.15, 0.2) is 0 Å². The predicted octanol–water partition coefficient (Wildman–Crippen LogP) is 1.24. The summed E-state index contributed by atoms with van der Waals surface area (Å²) in [6.45, 7) is 5.83. The van der Waals surface area contributed by atoms with E-state index in [-0.39, 0.29) is 5.91 Å². The molecule has 0 spiro atoms. The molecule has 0 radical (unpaired) electrons. The number of carbonyl (C=O) groups excluding carboxylic acids is 1. The van der Waals surface area contributed by atoms with Crippen molar-refractivity contribution in [1.82, 2.24) is 20.6 Å². The lowest BCUT2D eigenvalue weighted by atomic mass is 10.2. The van der Waals surface area contributed by atoms with Crippen molar-refractivity contribution in [2.24, 2.45) is 0 Å². The second-order valence-corrected chi connectivity index (χ2v) is 4.70.